The third-order valence-electron chi connectivity index (χ3n) is 5.23. The predicted octanol–water partition coefficient (Wildman–Crippen LogP) is 3.00. The van der Waals surface area contributed by atoms with Gasteiger partial charge in [0, 0.05) is 38.4 Å². The van der Waals surface area contributed by atoms with E-state index in [0.717, 1.165) is 31.7 Å². The van der Waals surface area contributed by atoms with Gasteiger partial charge in [0.15, 0.2) is 0 Å². The van der Waals surface area contributed by atoms with Crippen molar-refractivity contribution >= 4 is 11.6 Å². The molecule has 4 nitrogen and oxygen atoms in total. The van der Waals surface area contributed by atoms with Crippen molar-refractivity contribution in [2.75, 3.05) is 37.6 Å². The Hall–Kier alpha value is -2.40. The molecule has 1 unspecified atom stereocenters. The van der Waals surface area contributed by atoms with Crippen molar-refractivity contribution in [3.63, 3.8) is 0 Å². The molecule has 1 aliphatic heterocycles. The smallest absolute Gasteiger partial charge is 0.237 e. The number of carbonyl (C=O) groups excluding carboxylic acids is 1. The maximum absolute atomic E-state index is 12.9. The Morgan fingerprint density at radius 1 is 1.11 bits per heavy atom. The van der Waals surface area contributed by atoms with Crippen LogP contribution in [0.3, 0.4) is 0 Å². The molecule has 0 aliphatic carbocycles. The molecule has 0 spiro atoms. The Balaban J connectivity index is 1.43. The van der Waals surface area contributed by atoms with Crippen molar-refractivity contribution in [1.29, 1.82) is 0 Å². The molecule has 27 heavy (non-hydrogen) atoms. The van der Waals surface area contributed by atoms with Gasteiger partial charge in [0.1, 0.15) is 5.82 Å². The van der Waals surface area contributed by atoms with Crippen LogP contribution in [0.4, 0.5) is 10.1 Å². The molecule has 1 N–H and O–H groups in total. The molecule has 3 rings (SSSR count). The van der Waals surface area contributed by atoms with E-state index in [4.69, 9.17) is 0 Å². The summed E-state index contributed by atoms with van der Waals surface area (Å²) in [5.74, 6) is -0.178. The molecule has 1 atom stereocenters. The molecule has 5 heteroatoms. The van der Waals surface area contributed by atoms with Crippen LogP contribution in [0.2, 0.25) is 0 Å². The highest BCUT2D eigenvalue weighted by atomic mass is 19.1. The van der Waals surface area contributed by atoms with E-state index >= 15 is 0 Å². The van der Waals surface area contributed by atoms with Gasteiger partial charge in [0.25, 0.3) is 0 Å². The van der Waals surface area contributed by atoms with E-state index in [1.54, 1.807) is 12.1 Å². The molecular weight excluding hydrogens is 341 g/mol. The predicted molar refractivity (Wildman–Crippen MR) is 108 cm³/mol. The van der Waals surface area contributed by atoms with Crippen LogP contribution < -0.4 is 10.2 Å². The minimum Gasteiger partial charge on any atom is -0.369 e. The average Bonchev–Trinajstić information content (AvgIpc) is 2.69. The molecule has 0 aromatic heterocycles. The number of rotatable bonds is 6. The quantitative estimate of drug-likeness (QED) is 0.850. The number of amides is 1. The van der Waals surface area contributed by atoms with Crippen LogP contribution in [0.15, 0.2) is 48.5 Å². The third-order valence-corrected chi connectivity index (χ3v) is 5.23. The largest absolute Gasteiger partial charge is 0.369 e. The van der Waals surface area contributed by atoms with Crippen LogP contribution >= 0.6 is 0 Å². The van der Waals surface area contributed by atoms with Gasteiger partial charge in [-0.1, -0.05) is 24.3 Å². The summed E-state index contributed by atoms with van der Waals surface area (Å²) in [7, 11) is 0. The summed E-state index contributed by atoms with van der Waals surface area (Å²) in [6, 6.07) is 14.8. The average molecular weight is 369 g/mol. The maximum atomic E-state index is 12.9. The second-order valence-corrected chi connectivity index (χ2v) is 7.21. The third kappa shape index (κ3) is 5.30. The van der Waals surface area contributed by atoms with Gasteiger partial charge in [-0.15, -0.1) is 0 Å². The minimum atomic E-state index is -0.235. The molecule has 0 saturated carbocycles. The number of hydrogen-bond donors (Lipinski definition) is 1. The standard InChI is InChI=1S/C22H28FN3O/c1-17-4-3-5-21(16-17)26-14-12-25(13-15-26)18(2)22(27)24-11-10-19-6-8-20(23)9-7-19/h3-9,16,18H,10-15H2,1-2H3,(H,24,27). The SMILES string of the molecule is Cc1cccc(N2CCN(C(C)C(=O)NCCc3ccc(F)cc3)CC2)c1. The zero-order chi connectivity index (χ0) is 19.2. The zero-order valence-electron chi connectivity index (χ0n) is 16.1. The Morgan fingerprint density at radius 2 is 1.81 bits per heavy atom. The van der Waals surface area contributed by atoms with E-state index in [1.807, 2.05) is 6.92 Å². The number of halogens is 1. The van der Waals surface area contributed by atoms with Crippen LogP contribution in [-0.2, 0) is 11.2 Å². The molecule has 0 radical (unpaired) electrons. The van der Waals surface area contributed by atoms with Gasteiger partial charge in [0.05, 0.1) is 6.04 Å². The number of piperazine rings is 1. The van der Waals surface area contributed by atoms with E-state index in [2.05, 4.69) is 46.3 Å². The normalized spacial score (nSPS) is 16.2. The van der Waals surface area contributed by atoms with Gasteiger partial charge >= 0.3 is 0 Å². The summed E-state index contributed by atoms with van der Waals surface area (Å²) in [6.07, 6.45) is 0.708. The number of hydrogen-bond acceptors (Lipinski definition) is 3. The number of benzene rings is 2. The van der Waals surface area contributed by atoms with Crippen molar-refractivity contribution in [3.05, 3.63) is 65.5 Å². The molecule has 0 bridgehead atoms. The lowest BCUT2D eigenvalue weighted by Crippen LogP contribution is -2.54. The Labute approximate surface area is 161 Å². The molecule has 2 aromatic rings. The molecule has 144 valence electrons. The summed E-state index contributed by atoms with van der Waals surface area (Å²) in [5, 5.41) is 3.01. The lowest BCUT2D eigenvalue weighted by molar-refractivity contribution is -0.125. The molecule has 1 saturated heterocycles. The van der Waals surface area contributed by atoms with Gasteiger partial charge in [-0.3, -0.25) is 9.69 Å². The lowest BCUT2D eigenvalue weighted by atomic mass is 10.1. The first-order valence-electron chi connectivity index (χ1n) is 9.61. The highest BCUT2D eigenvalue weighted by Crippen LogP contribution is 2.18. The van der Waals surface area contributed by atoms with Gasteiger partial charge in [-0.05, 0) is 55.7 Å². The summed E-state index contributed by atoms with van der Waals surface area (Å²) >= 11 is 0. The second-order valence-electron chi connectivity index (χ2n) is 7.21. The van der Waals surface area contributed by atoms with Gasteiger partial charge in [-0.25, -0.2) is 4.39 Å². The highest BCUT2D eigenvalue weighted by Gasteiger charge is 2.25. The Bertz CT molecular complexity index is 754. The molecule has 1 aliphatic rings. The van der Waals surface area contributed by atoms with Crippen molar-refractivity contribution in [2.24, 2.45) is 0 Å². The molecule has 1 fully saturated rings. The van der Waals surface area contributed by atoms with E-state index in [0.29, 0.717) is 13.0 Å². The summed E-state index contributed by atoms with van der Waals surface area (Å²) in [6.45, 7) is 8.25. The number of anilines is 1. The van der Waals surface area contributed by atoms with E-state index in [9.17, 15) is 9.18 Å². The van der Waals surface area contributed by atoms with Crippen molar-refractivity contribution in [2.45, 2.75) is 26.3 Å². The topological polar surface area (TPSA) is 35.6 Å². The highest BCUT2D eigenvalue weighted by molar-refractivity contribution is 5.81. The summed E-state index contributed by atoms with van der Waals surface area (Å²) in [4.78, 5) is 17.1. The van der Waals surface area contributed by atoms with Crippen LogP contribution in [0, 0.1) is 12.7 Å². The van der Waals surface area contributed by atoms with Gasteiger partial charge < -0.3 is 10.2 Å². The van der Waals surface area contributed by atoms with Crippen LogP contribution in [-0.4, -0.2) is 49.6 Å². The first kappa shape index (κ1) is 19.4. The van der Waals surface area contributed by atoms with Gasteiger partial charge in [-0.2, -0.15) is 0 Å². The van der Waals surface area contributed by atoms with Crippen molar-refractivity contribution in [1.82, 2.24) is 10.2 Å². The molecule has 1 amide bonds. The second kappa shape index (κ2) is 9.00. The van der Waals surface area contributed by atoms with Crippen LogP contribution in [0.1, 0.15) is 18.1 Å². The molecular formula is C22H28FN3O. The van der Waals surface area contributed by atoms with E-state index in [-0.39, 0.29) is 17.8 Å². The maximum Gasteiger partial charge on any atom is 0.237 e. The first-order chi connectivity index (χ1) is 13.0. The summed E-state index contributed by atoms with van der Waals surface area (Å²) in [5.41, 5.74) is 3.55. The van der Waals surface area contributed by atoms with Crippen LogP contribution in [0.25, 0.3) is 0 Å². The zero-order valence-corrected chi connectivity index (χ0v) is 16.1. The van der Waals surface area contributed by atoms with Crippen molar-refractivity contribution < 1.29 is 9.18 Å². The fourth-order valence-corrected chi connectivity index (χ4v) is 3.49. The lowest BCUT2D eigenvalue weighted by Gasteiger charge is -2.38. The Morgan fingerprint density at radius 3 is 2.48 bits per heavy atom. The fourth-order valence-electron chi connectivity index (χ4n) is 3.49. The van der Waals surface area contributed by atoms with Crippen molar-refractivity contribution in [3.8, 4) is 0 Å². The Kier molecular flexibility index (Phi) is 6.45. The van der Waals surface area contributed by atoms with E-state index in [1.165, 1.54) is 23.4 Å². The molecule has 1 heterocycles. The van der Waals surface area contributed by atoms with E-state index < -0.39 is 0 Å². The number of nitrogens with zero attached hydrogens (tertiary/aromatic N) is 2. The van der Waals surface area contributed by atoms with Crippen LogP contribution in [0.5, 0.6) is 0 Å². The minimum absolute atomic E-state index is 0.0566. The number of nitrogens with one attached hydrogen (secondary N) is 1. The monoisotopic (exact) mass is 369 g/mol. The summed E-state index contributed by atoms with van der Waals surface area (Å²) < 4.78 is 12.9. The molecule has 2 aromatic carbocycles. The van der Waals surface area contributed by atoms with Gasteiger partial charge in [0.2, 0.25) is 5.91 Å². The number of aryl methyl sites for hydroxylation is 1. The first-order valence-corrected chi connectivity index (χ1v) is 9.61. The number of carbonyl (C=O) groups is 1. The fraction of sp³-hybridized carbons (Fsp3) is 0.409.